The molecule has 15 heteroatoms. The van der Waals surface area contributed by atoms with E-state index in [4.69, 9.17) is 4.42 Å². The number of imidazole rings is 5. The predicted octanol–water partition coefficient (Wildman–Crippen LogP) is 20.5. The first-order valence-corrected chi connectivity index (χ1v) is 33.1. The van der Waals surface area contributed by atoms with E-state index in [-0.39, 0.29) is 10.8 Å². The minimum atomic E-state index is -0.0246. The van der Waals surface area contributed by atoms with Gasteiger partial charge in [0.15, 0.2) is 22.5 Å². The van der Waals surface area contributed by atoms with Gasteiger partial charge in [-0.05, 0) is 148 Å². The minimum absolute atomic E-state index is 0.0246. The molecule has 14 rings (SSSR count). The van der Waals surface area contributed by atoms with E-state index in [9.17, 15) is 4.79 Å². The molecule has 0 amide bonds. The summed E-state index contributed by atoms with van der Waals surface area (Å²) < 4.78 is 7.68. The fraction of sp³-hybridized carbons (Fsp3) is 0.367. The Morgan fingerprint density at radius 3 is 1.62 bits per heavy atom. The van der Waals surface area contributed by atoms with Crippen LogP contribution in [0.15, 0.2) is 143 Å². The number of H-pyrrole nitrogens is 5. The Bertz CT molecular complexity index is 4720. The van der Waals surface area contributed by atoms with Gasteiger partial charge in [-0.3, -0.25) is 4.79 Å². The van der Waals surface area contributed by atoms with Gasteiger partial charge in [0.2, 0.25) is 0 Å². The Balaban J connectivity index is 0.000000141. The van der Waals surface area contributed by atoms with Gasteiger partial charge in [0, 0.05) is 76.8 Å². The fourth-order valence-corrected chi connectivity index (χ4v) is 10.3. The Kier molecular flexibility index (Phi) is 22.8. The van der Waals surface area contributed by atoms with Crippen LogP contribution in [0.1, 0.15) is 213 Å². The number of aryl methyl sites for hydroxylation is 7. The van der Waals surface area contributed by atoms with Crippen molar-refractivity contribution in [3.63, 3.8) is 0 Å². The summed E-state index contributed by atoms with van der Waals surface area (Å²) in [6.07, 6.45) is 1.84. The molecule has 0 saturated carbocycles. The van der Waals surface area contributed by atoms with E-state index in [2.05, 4.69) is 271 Å². The van der Waals surface area contributed by atoms with Crippen molar-refractivity contribution in [2.45, 2.75) is 186 Å². The lowest BCUT2D eigenvalue weighted by Crippen LogP contribution is -2.17. The number of oxazole rings is 1. The summed E-state index contributed by atoms with van der Waals surface area (Å²) in [5.41, 5.74) is 22.3. The van der Waals surface area contributed by atoms with Gasteiger partial charge in [-0.25, -0.2) is 34.9 Å². The third-order valence-electron chi connectivity index (χ3n) is 16.3. The lowest BCUT2D eigenvalue weighted by Gasteiger charge is -2.18. The summed E-state index contributed by atoms with van der Waals surface area (Å²) in [5, 5.41) is 0.755. The monoisotopic (exact) mass is 1260 g/mol. The zero-order valence-corrected chi connectivity index (χ0v) is 59.6. The molecule has 15 nitrogen and oxygen atoms in total. The highest BCUT2D eigenvalue weighted by Gasteiger charge is 2.17. The molecule has 0 aliphatic carbocycles. The van der Waals surface area contributed by atoms with Crippen LogP contribution in [0.25, 0.3) is 77.3 Å². The number of benzene rings is 6. The summed E-state index contributed by atoms with van der Waals surface area (Å²) >= 11 is 0. The van der Waals surface area contributed by atoms with E-state index < -0.39 is 0 Å². The number of para-hydroxylation sites is 5. The molecule has 14 aromatic rings. The average molecular weight is 1260 g/mol. The first-order valence-electron chi connectivity index (χ1n) is 33.1. The van der Waals surface area contributed by atoms with Crippen LogP contribution < -0.4 is 5.43 Å². The van der Waals surface area contributed by atoms with Gasteiger partial charge in [0.05, 0.1) is 49.7 Å². The molecule has 0 bridgehead atoms. The molecule has 8 heterocycles. The van der Waals surface area contributed by atoms with Crippen LogP contribution in [0.2, 0.25) is 0 Å². The number of fused-ring (bicyclic) bond motifs is 7. The highest BCUT2D eigenvalue weighted by molar-refractivity contribution is 5.81. The molecular formula is C79H99N13O2. The zero-order chi connectivity index (χ0) is 68.5. The van der Waals surface area contributed by atoms with Crippen LogP contribution in [-0.4, -0.2) is 64.4 Å². The molecule has 8 aromatic heterocycles. The van der Waals surface area contributed by atoms with Gasteiger partial charge in [-0.2, -0.15) is 0 Å². The van der Waals surface area contributed by atoms with Crippen LogP contribution in [0, 0.1) is 41.5 Å². The molecule has 0 radical (unpaired) electrons. The number of rotatable bonds is 6. The number of nitrogens with one attached hydrogen (secondary N) is 5. The third-order valence-corrected chi connectivity index (χ3v) is 16.3. The molecule has 0 aliphatic heterocycles. The van der Waals surface area contributed by atoms with Crippen LogP contribution in [0.5, 0.6) is 0 Å². The summed E-state index contributed by atoms with van der Waals surface area (Å²) in [4.78, 5) is 59.6. The van der Waals surface area contributed by atoms with Gasteiger partial charge in [0.25, 0.3) is 0 Å². The number of aromatic nitrogens is 13. The highest BCUT2D eigenvalue weighted by atomic mass is 16.3. The second-order valence-electron chi connectivity index (χ2n) is 27.6. The maximum atomic E-state index is 11.8. The lowest BCUT2D eigenvalue weighted by molar-refractivity contribution is 0.501. The number of hydrogen-bond donors (Lipinski definition) is 5. The quantitative estimate of drug-likeness (QED) is 0.107. The van der Waals surface area contributed by atoms with Crippen molar-refractivity contribution < 1.29 is 4.42 Å². The molecule has 5 N–H and O–H groups in total. The van der Waals surface area contributed by atoms with E-state index in [1.807, 2.05) is 73.8 Å². The normalized spacial score (nSPS) is 11.5. The smallest absolute Gasteiger partial charge is 0.198 e. The van der Waals surface area contributed by atoms with Gasteiger partial charge in [0.1, 0.15) is 34.6 Å². The van der Waals surface area contributed by atoms with Crippen molar-refractivity contribution in [2.24, 2.45) is 7.05 Å². The summed E-state index contributed by atoms with van der Waals surface area (Å²) in [6.45, 7) is 44.5. The molecule has 0 aliphatic rings. The van der Waals surface area contributed by atoms with Gasteiger partial charge in [-0.15, -0.1) is 0 Å². The van der Waals surface area contributed by atoms with Crippen LogP contribution in [0.4, 0.5) is 0 Å². The molecule has 0 saturated heterocycles. The van der Waals surface area contributed by atoms with Crippen LogP contribution >= 0.6 is 0 Å². The molecular weight excluding hydrogens is 1160 g/mol. The first-order chi connectivity index (χ1) is 44.4. The predicted molar refractivity (Wildman–Crippen MR) is 393 cm³/mol. The van der Waals surface area contributed by atoms with Gasteiger partial charge >= 0.3 is 0 Å². The molecule has 0 spiro atoms. The standard InChI is InChI=1S/C13H15NO.2C12H16N2.2C11H14N2.C10H13N3.C10H11NO/c1-13(2,3)12-8-11(15)9-6-4-5-7-10(9)14-12;1-7(2)12-13-10-5-8(3)9(4)6-11(10)14-12;1-7(2)12-13-10-6-5-8(3)9(4)11(10)14-12;1-7(2)11-12-9-5-4-8(3)6-10(9)13-11;1-8(2)11-12-9-6-4-5-7-10(9)13(11)3;1-6(2)9-12-8-4-7(3)5-11-10(8)13-9;1-7(2)10-11-8-5-3-4-6-9(8)12-10/h4-8H,1-3H3,(H,14,15);2*5-7H,1-4H3,(H,13,14);4-7H,1-3H3,(H,12,13);4-8H,1-3H3;4-6H,1-3H3,(H,11,12,13);3-7H,1-2H3. The highest BCUT2D eigenvalue weighted by Crippen LogP contribution is 2.26. The molecule has 94 heavy (non-hydrogen) atoms. The Hall–Kier alpha value is -9.50. The number of pyridine rings is 2. The Morgan fingerprint density at radius 1 is 0.436 bits per heavy atom. The SMILES string of the molecule is CC(C)(C)c1cc(=O)c2ccccc2[nH]1.CC(C)c1nc2ccccc2n1C.CC(C)c1nc2ccccc2o1.Cc1cc2nc(C(C)C)[nH]c2cc1C.Cc1ccc2[nH]c(C(C)C)nc2c1C.Cc1ccc2nc(C(C)C)[nH]c2c1.Cc1cnc2nc(C(C)C)[nH]c2c1. The number of hydrogen-bond acceptors (Lipinski definition) is 9. The lowest BCUT2D eigenvalue weighted by atomic mass is 9.91. The van der Waals surface area contributed by atoms with Crippen LogP contribution in [0.3, 0.4) is 0 Å². The van der Waals surface area contributed by atoms with Crippen molar-refractivity contribution in [1.29, 1.82) is 0 Å². The van der Waals surface area contributed by atoms with E-state index in [0.29, 0.717) is 35.5 Å². The van der Waals surface area contributed by atoms with Crippen molar-refractivity contribution >= 4 is 77.3 Å². The van der Waals surface area contributed by atoms with E-state index in [1.165, 1.54) is 33.3 Å². The first kappa shape index (κ1) is 70.4. The van der Waals surface area contributed by atoms with Crippen molar-refractivity contribution in [2.75, 3.05) is 0 Å². The Labute approximate surface area is 554 Å². The second-order valence-corrected chi connectivity index (χ2v) is 27.6. The third kappa shape index (κ3) is 17.6. The molecule has 492 valence electrons. The van der Waals surface area contributed by atoms with E-state index in [1.54, 1.807) is 6.07 Å². The van der Waals surface area contributed by atoms with E-state index in [0.717, 1.165) is 118 Å². The molecule has 0 fully saturated rings. The maximum absolute atomic E-state index is 11.8. The van der Waals surface area contributed by atoms with Crippen molar-refractivity contribution in [3.8, 4) is 0 Å². The fourth-order valence-electron chi connectivity index (χ4n) is 10.3. The summed E-state index contributed by atoms with van der Waals surface area (Å²) in [7, 11) is 2.07. The summed E-state index contributed by atoms with van der Waals surface area (Å²) in [5.74, 6) is 8.85. The number of aromatic amines is 5. The molecule has 0 unspecified atom stereocenters. The minimum Gasteiger partial charge on any atom is -0.440 e. The van der Waals surface area contributed by atoms with E-state index >= 15 is 0 Å². The van der Waals surface area contributed by atoms with Crippen molar-refractivity contribution in [1.82, 2.24) is 64.4 Å². The van der Waals surface area contributed by atoms with Gasteiger partial charge < -0.3 is 33.9 Å². The van der Waals surface area contributed by atoms with Gasteiger partial charge in [-0.1, -0.05) is 152 Å². The summed E-state index contributed by atoms with van der Waals surface area (Å²) in [6, 6.07) is 42.3. The zero-order valence-electron chi connectivity index (χ0n) is 59.6. The second kappa shape index (κ2) is 30.5. The topological polar surface area (TPSA) is 204 Å². The maximum Gasteiger partial charge on any atom is 0.198 e. The van der Waals surface area contributed by atoms with Crippen molar-refractivity contribution in [3.05, 3.63) is 218 Å². The van der Waals surface area contributed by atoms with Crippen LogP contribution in [-0.2, 0) is 12.5 Å². The average Bonchev–Trinajstić information content (AvgIpc) is 1.32. The Morgan fingerprint density at radius 2 is 0.989 bits per heavy atom. The molecule has 6 aromatic carbocycles. The number of nitrogens with zero attached hydrogens (tertiary/aromatic N) is 8. The molecule has 0 atom stereocenters. The largest absolute Gasteiger partial charge is 0.440 e.